The number of aromatic nitrogens is 3. The van der Waals surface area contributed by atoms with Gasteiger partial charge in [0.05, 0.1) is 15.6 Å². The first-order chi connectivity index (χ1) is 14.6. The third-order valence-electron chi connectivity index (χ3n) is 5.39. The van der Waals surface area contributed by atoms with E-state index in [9.17, 15) is 4.79 Å². The first kappa shape index (κ1) is 21.4. The van der Waals surface area contributed by atoms with Gasteiger partial charge in [-0.25, -0.2) is 4.68 Å². The summed E-state index contributed by atoms with van der Waals surface area (Å²) in [5.74, 6) is 0.526. The summed E-state index contributed by atoms with van der Waals surface area (Å²) < 4.78 is 1.67. The van der Waals surface area contributed by atoms with Crippen LogP contribution in [0.3, 0.4) is 0 Å². The Morgan fingerprint density at radius 1 is 1.10 bits per heavy atom. The molecule has 160 valence electrons. The van der Waals surface area contributed by atoms with Crippen LogP contribution >= 0.6 is 23.2 Å². The number of hydrogen-bond acceptors (Lipinski definition) is 4. The minimum Gasteiger partial charge on any atom is -0.366 e. The molecule has 1 amide bonds. The van der Waals surface area contributed by atoms with Gasteiger partial charge >= 0.3 is 0 Å². The first-order valence-corrected chi connectivity index (χ1v) is 10.6. The normalized spacial score (nSPS) is 16.1. The van der Waals surface area contributed by atoms with Crippen molar-refractivity contribution in [3.05, 3.63) is 74.9 Å². The second kappa shape index (κ2) is 7.70. The van der Waals surface area contributed by atoms with Gasteiger partial charge in [0.15, 0.2) is 5.82 Å². The smallest absolute Gasteiger partial charge is 0.248 e. The number of fused-ring (bicyclic) bond motifs is 1. The molecule has 0 radical (unpaired) electrons. The van der Waals surface area contributed by atoms with Crippen molar-refractivity contribution in [2.24, 2.45) is 5.73 Å². The fourth-order valence-corrected chi connectivity index (χ4v) is 4.01. The standard InChI is InChI=1S/C23H23Cl2N5O/c1-12-18(20(26)31)19(14-7-10-16(24)17(25)11-14)30-22(27-12)28-21(29-30)13-5-8-15(9-6-13)23(2,3)4/h5-11,19H,1-4H3,(H2,26,31)(H,27,28,29). The molecule has 31 heavy (non-hydrogen) atoms. The van der Waals surface area contributed by atoms with Crippen molar-refractivity contribution in [3.8, 4) is 11.4 Å². The lowest BCUT2D eigenvalue weighted by atomic mass is 9.87. The van der Waals surface area contributed by atoms with Gasteiger partial charge in [-0.05, 0) is 35.6 Å². The highest BCUT2D eigenvalue weighted by molar-refractivity contribution is 6.42. The van der Waals surface area contributed by atoms with Crippen LogP contribution in [0.1, 0.15) is 44.9 Å². The molecule has 0 saturated carbocycles. The molecule has 1 aromatic heterocycles. The number of rotatable bonds is 3. The second-order valence-corrected chi connectivity index (χ2v) is 9.45. The van der Waals surface area contributed by atoms with E-state index in [2.05, 4.69) is 43.2 Å². The van der Waals surface area contributed by atoms with Crippen molar-refractivity contribution in [2.45, 2.75) is 39.2 Å². The minimum absolute atomic E-state index is 0.0529. The molecule has 4 rings (SSSR count). The monoisotopic (exact) mass is 455 g/mol. The van der Waals surface area contributed by atoms with E-state index in [1.807, 2.05) is 18.2 Å². The van der Waals surface area contributed by atoms with Crippen LogP contribution in [0.4, 0.5) is 5.95 Å². The lowest BCUT2D eigenvalue weighted by Gasteiger charge is -2.27. The zero-order chi connectivity index (χ0) is 22.5. The molecule has 2 aromatic carbocycles. The van der Waals surface area contributed by atoms with E-state index in [0.717, 1.165) is 11.1 Å². The van der Waals surface area contributed by atoms with Gasteiger partial charge in [0.1, 0.15) is 6.04 Å². The van der Waals surface area contributed by atoms with Crippen LogP contribution in [0.15, 0.2) is 53.7 Å². The highest BCUT2D eigenvalue weighted by atomic mass is 35.5. The molecule has 0 spiro atoms. The van der Waals surface area contributed by atoms with Crippen LogP contribution in [0.2, 0.25) is 10.0 Å². The maximum Gasteiger partial charge on any atom is 0.248 e. The Kier molecular flexibility index (Phi) is 5.31. The molecule has 8 heteroatoms. The number of allylic oxidation sites excluding steroid dienone is 1. The van der Waals surface area contributed by atoms with Crippen molar-refractivity contribution < 1.29 is 4.79 Å². The average molecular weight is 456 g/mol. The lowest BCUT2D eigenvalue weighted by molar-refractivity contribution is -0.115. The van der Waals surface area contributed by atoms with Crippen LogP contribution in [0.5, 0.6) is 0 Å². The Morgan fingerprint density at radius 3 is 2.35 bits per heavy atom. The number of benzene rings is 2. The van der Waals surface area contributed by atoms with E-state index < -0.39 is 11.9 Å². The summed E-state index contributed by atoms with van der Waals surface area (Å²) in [6, 6.07) is 12.8. The van der Waals surface area contributed by atoms with Gasteiger partial charge in [-0.15, -0.1) is 5.10 Å². The Bertz CT molecular complexity index is 1210. The number of anilines is 1. The summed E-state index contributed by atoms with van der Waals surface area (Å²) in [5, 5.41) is 8.68. The van der Waals surface area contributed by atoms with Crippen molar-refractivity contribution in [2.75, 3.05) is 5.32 Å². The highest BCUT2D eigenvalue weighted by Crippen LogP contribution is 2.38. The van der Waals surface area contributed by atoms with Crippen LogP contribution in [-0.4, -0.2) is 20.7 Å². The van der Waals surface area contributed by atoms with Gasteiger partial charge in [0.25, 0.3) is 0 Å². The Labute approximate surface area is 191 Å². The average Bonchev–Trinajstić information content (AvgIpc) is 3.12. The number of nitrogens with two attached hydrogens (primary N) is 1. The Morgan fingerprint density at radius 2 is 1.77 bits per heavy atom. The summed E-state index contributed by atoms with van der Waals surface area (Å²) in [6.45, 7) is 8.30. The van der Waals surface area contributed by atoms with Crippen LogP contribution in [-0.2, 0) is 10.2 Å². The van der Waals surface area contributed by atoms with E-state index in [1.54, 1.807) is 23.7 Å². The van der Waals surface area contributed by atoms with Gasteiger partial charge in [-0.2, -0.15) is 4.98 Å². The summed E-state index contributed by atoms with van der Waals surface area (Å²) in [5.41, 5.74) is 9.64. The quantitative estimate of drug-likeness (QED) is 0.558. The van der Waals surface area contributed by atoms with Crippen molar-refractivity contribution in [3.63, 3.8) is 0 Å². The minimum atomic E-state index is -0.571. The summed E-state index contributed by atoms with van der Waals surface area (Å²) in [7, 11) is 0. The number of carbonyl (C=O) groups excluding carboxylic acids is 1. The zero-order valence-electron chi connectivity index (χ0n) is 17.7. The molecule has 3 N–H and O–H groups in total. The number of halogens is 2. The van der Waals surface area contributed by atoms with E-state index in [1.165, 1.54) is 5.56 Å². The van der Waals surface area contributed by atoms with E-state index in [4.69, 9.17) is 34.0 Å². The lowest BCUT2D eigenvalue weighted by Crippen LogP contribution is -2.31. The predicted molar refractivity (Wildman–Crippen MR) is 124 cm³/mol. The number of carbonyl (C=O) groups is 1. The van der Waals surface area contributed by atoms with Gasteiger partial charge in [0, 0.05) is 11.3 Å². The van der Waals surface area contributed by atoms with Crippen LogP contribution in [0, 0.1) is 0 Å². The molecule has 0 saturated heterocycles. The molecule has 3 aromatic rings. The second-order valence-electron chi connectivity index (χ2n) is 8.63. The number of primary amides is 1. The van der Waals surface area contributed by atoms with E-state index in [0.29, 0.717) is 33.1 Å². The molecule has 0 aliphatic carbocycles. The maximum absolute atomic E-state index is 12.3. The van der Waals surface area contributed by atoms with E-state index in [-0.39, 0.29) is 5.41 Å². The molecule has 6 nitrogen and oxygen atoms in total. The number of amides is 1. The highest BCUT2D eigenvalue weighted by Gasteiger charge is 2.33. The zero-order valence-corrected chi connectivity index (χ0v) is 19.2. The Hall–Kier alpha value is -2.83. The summed E-state index contributed by atoms with van der Waals surface area (Å²) in [4.78, 5) is 17.0. The molecule has 1 unspecified atom stereocenters. The molecule has 1 aliphatic rings. The molecule has 0 fully saturated rings. The predicted octanol–water partition coefficient (Wildman–Crippen LogP) is 5.32. The third kappa shape index (κ3) is 3.93. The van der Waals surface area contributed by atoms with Gasteiger partial charge in [0.2, 0.25) is 11.9 Å². The fraction of sp³-hybridized carbons (Fsp3) is 0.261. The van der Waals surface area contributed by atoms with E-state index >= 15 is 0 Å². The largest absolute Gasteiger partial charge is 0.366 e. The topological polar surface area (TPSA) is 85.8 Å². The molecular weight excluding hydrogens is 433 g/mol. The summed E-state index contributed by atoms with van der Waals surface area (Å²) >= 11 is 12.3. The first-order valence-electron chi connectivity index (χ1n) is 9.86. The molecule has 1 atom stereocenters. The number of nitrogens with zero attached hydrogens (tertiary/aromatic N) is 3. The number of nitrogens with one attached hydrogen (secondary N) is 1. The van der Waals surface area contributed by atoms with Crippen molar-refractivity contribution in [1.29, 1.82) is 0 Å². The van der Waals surface area contributed by atoms with Crippen LogP contribution in [0.25, 0.3) is 11.4 Å². The number of hydrogen-bond donors (Lipinski definition) is 2. The molecule has 1 aliphatic heterocycles. The van der Waals surface area contributed by atoms with Gasteiger partial charge in [-0.1, -0.05) is 74.3 Å². The fourth-order valence-electron chi connectivity index (χ4n) is 3.70. The molecular formula is C23H23Cl2N5O. The van der Waals surface area contributed by atoms with Gasteiger partial charge in [-0.3, -0.25) is 4.79 Å². The molecule has 0 bridgehead atoms. The molecule has 2 heterocycles. The van der Waals surface area contributed by atoms with Crippen molar-refractivity contribution in [1.82, 2.24) is 14.8 Å². The van der Waals surface area contributed by atoms with Crippen LogP contribution < -0.4 is 11.1 Å². The maximum atomic E-state index is 12.3. The van der Waals surface area contributed by atoms with Gasteiger partial charge < -0.3 is 11.1 Å². The van der Waals surface area contributed by atoms with Crippen molar-refractivity contribution >= 4 is 35.1 Å². The third-order valence-corrected chi connectivity index (χ3v) is 6.13. The SMILES string of the molecule is CC1=C(C(N)=O)C(c2ccc(Cl)c(Cl)c2)n2nc(-c3ccc(C(C)(C)C)cc3)nc2N1. The summed E-state index contributed by atoms with van der Waals surface area (Å²) in [6.07, 6.45) is 0. The Balaban J connectivity index is 1.82.